The van der Waals surface area contributed by atoms with E-state index in [1.807, 2.05) is 20.9 Å². The van der Waals surface area contributed by atoms with Gasteiger partial charge in [0.15, 0.2) is 0 Å². The van der Waals surface area contributed by atoms with Gasteiger partial charge in [-0.3, -0.25) is 0 Å². The lowest BCUT2D eigenvalue weighted by Gasteiger charge is -2.20. The number of sulfonamides is 1. The molecule has 3 N–H and O–H groups in total. The highest BCUT2D eigenvalue weighted by atomic mass is 32.2. The molecule has 0 amide bonds. The first-order valence-corrected chi connectivity index (χ1v) is 8.36. The largest absolute Gasteiger partial charge is 0.399 e. The molecule has 20 heavy (non-hydrogen) atoms. The van der Waals surface area contributed by atoms with Crippen molar-refractivity contribution in [3.8, 4) is 0 Å². The standard InChI is InChI=1S/C14H23N3O2S/c1-10-7-12(15)8-14(11(10)2)20(18,19)16-9-13-5-4-6-17(13)3/h7-8,13,16H,4-6,9,15H2,1-3H3. The van der Waals surface area contributed by atoms with Crippen molar-refractivity contribution in [3.63, 3.8) is 0 Å². The third-order valence-electron chi connectivity index (χ3n) is 4.11. The number of likely N-dealkylation sites (N-methyl/N-ethyl adjacent to an activating group) is 1. The Morgan fingerprint density at radius 2 is 2.10 bits per heavy atom. The van der Waals surface area contributed by atoms with Crippen LogP contribution in [0.25, 0.3) is 0 Å². The summed E-state index contributed by atoms with van der Waals surface area (Å²) in [7, 11) is -1.47. The monoisotopic (exact) mass is 297 g/mol. The Kier molecular flexibility index (Phi) is 4.36. The molecule has 1 fully saturated rings. The van der Waals surface area contributed by atoms with Crippen LogP contribution in [0, 0.1) is 13.8 Å². The van der Waals surface area contributed by atoms with Gasteiger partial charge in [-0.2, -0.15) is 0 Å². The van der Waals surface area contributed by atoms with Gasteiger partial charge in [-0.15, -0.1) is 0 Å². The van der Waals surface area contributed by atoms with Gasteiger partial charge in [0.1, 0.15) is 0 Å². The summed E-state index contributed by atoms with van der Waals surface area (Å²) >= 11 is 0. The van der Waals surface area contributed by atoms with E-state index in [4.69, 9.17) is 5.73 Å². The van der Waals surface area contributed by atoms with Crippen LogP contribution < -0.4 is 10.5 Å². The second-order valence-electron chi connectivity index (χ2n) is 5.59. The molecule has 0 aromatic heterocycles. The van der Waals surface area contributed by atoms with Crippen molar-refractivity contribution in [2.24, 2.45) is 0 Å². The van der Waals surface area contributed by atoms with Gasteiger partial charge < -0.3 is 10.6 Å². The van der Waals surface area contributed by atoms with Crippen LogP contribution in [0.4, 0.5) is 5.69 Å². The Morgan fingerprint density at radius 1 is 1.40 bits per heavy atom. The van der Waals surface area contributed by atoms with Crippen molar-refractivity contribution in [3.05, 3.63) is 23.3 Å². The number of hydrogen-bond acceptors (Lipinski definition) is 4. The van der Waals surface area contributed by atoms with Gasteiger partial charge in [-0.1, -0.05) is 0 Å². The van der Waals surface area contributed by atoms with Gasteiger partial charge >= 0.3 is 0 Å². The third-order valence-corrected chi connectivity index (χ3v) is 5.66. The summed E-state index contributed by atoms with van der Waals surface area (Å²) in [5.74, 6) is 0. The molecule has 1 aliphatic rings. The normalized spacial score (nSPS) is 20.4. The lowest BCUT2D eigenvalue weighted by atomic mass is 10.1. The van der Waals surface area contributed by atoms with Crippen LogP contribution in [0.5, 0.6) is 0 Å². The summed E-state index contributed by atoms with van der Waals surface area (Å²) in [6.45, 7) is 5.16. The quantitative estimate of drug-likeness (QED) is 0.820. The van der Waals surface area contributed by atoms with Crippen molar-refractivity contribution in [2.45, 2.75) is 37.6 Å². The SMILES string of the molecule is Cc1cc(N)cc(S(=O)(=O)NCC2CCCN2C)c1C. The molecule has 5 nitrogen and oxygen atoms in total. The molecule has 1 heterocycles. The lowest BCUT2D eigenvalue weighted by molar-refractivity contribution is 0.311. The first kappa shape index (κ1) is 15.3. The van der Waals surface area contributed by atoms with Crippen molar-refractivity contribution in [1.82, 2.24) is 9.62 Å². The Bertz CT molecular complexity index is 599. The molecule has 0 radical (unpaired) electrons. The fourth-order valence-electron chi connectivity index (χ4n) is 2.65. The highest BCUT2D eigenvalue weighted by molar-refractivity contribution is 7.89. The maximum atomic E-state index is 12.4. The van der Waals surface area contributed by atoms with Crippen LogP contribution in [0.1, 0.15) is 24.0 Å². The molecule has 6 heteroatoms. The minimum atomic E-state index is -3.50. The molecule has 112 valence electrons. The Balaban J connectivity index is 2.18. The van der Waals surface area contributed by atoms with Crippen LogP contribution in [0.15, 0.2) is 17.0 Å². The number of anilines is 1. The summed E-state index contributed by atoms with van der Waals surface area (Å²) in [5.41, 5.74) is 7.89. The van der Waals surface area contributed by atoms with Gasteiger partial charge in [0, 0.05) is 18.3 Å². The molecule has 1 aromatic carbocycles. The fraction of sp³-hybridized carbons (Fsp3) is 0.571. The number of hydrogen-bond donors (Lipinski definition) is 2. The maximum absolute atomic E-state index is 12.4. The second kappa shape index (κ2) is 5.71. The summed E-state index contributed by atoms with van der Waals surface area (Å²) in [6.07, 6.45) is 2.16. The number of aryl methyl sites for hydroxylation is 1. The average Bonchev–Trinajstić information content (AvgIpc) is 2.77. The van der Waals surface area contributed by atoms with Crippen LogP contribution in [0.2, 0.25) is 0 Å². The van der Waals surface area contributed by atoms with Crippen LogP contribution in [-0.2, 0) is 10.0 Å². The number of benzene rings is 1. The van der Waals surface area contributed by atoms with Crippen molar-refractivity contribution < 1.29 is 8.42 Å². The van der Waals surface area contributed by atoms with E-state index in [2.05, 4.69) is 9.62 Å². The molecular weight excluding hydrogens is 274 g/mol. The zero-order chi connectivity index (χ0) is 14.9. The van der Waals surface area contributed by atoms with E-state index < -0.39 is 10.0 Å². The number of nitrogens with two attached hydrogens (primary N) is 1. The minimum Gasteiger partial charge on any atom is -0.399 e. The van der Waals surface area contributed by atoms with Crippen LogP contribution in [0.3, 0.4) is 0 Å². The fourth-order valence-corrected chi connectivity index (χ4v) is 4.08. The summed E-state index contributed by atoms with van der Waals surface area (Å²) in [6, 6.07) is 3.61. The number of nitrogens with zero attached hydrogens (tertiary/aromatic N) is 1. The van der Waals surface area contributed by atoms with E-state index in [0.717, 1.165) is 30.5 Å². The molecular formula is C14H23N3O2S. The molecule has 1 saturated heterocycles. The molecule has 1 aliphatic heterocycles. The number of nitrogens with one attached hydrogen (secondary N) is 1. The van der Waals surface area contributed by atoms with E-state index >= 15 is 0 Å². The van der Waals surface area contributed by atoms with Gasteiger partial charge in [0.2, 0.25) is 10.0 Å². The Labute approximate surface area is 121 Å². The number of likely N-dealkylation sites (tertiary alicyclic amines) is 1. The van der Waals surface area contributed by atoms with Gasteiger partial charge in [-0.25, -0.2) is 13.1 Å². The van der Waals surface area contributed by atoms with Gasteiger partial charge in [0.05, 0.1) is 4.90 Å². The molecule has 0 saturated carbocycles. The number of nitrogen functional groups attached to an aromatic ring is 1. The molecule has 0 bridgehead atoms. The van der Waals surface area contributed by atoms with Gasteiger partial charge in [0.25, 0.3) is 0 Å². The van der Waals surface area contributed by atoms with E-state index in [1.165, 1.54) is 6.07 Å². The van der Waals surface area contributed by atoms with E-state index in [1.54, 1.807) is 6.07 Å². The highest BCUT2D eigenvalue weighted by Crippen LogP contribution is 2.22. The van der Waals surface area contributed by atoms with Crippen molar-refractivity contribution in [2.75, 3.05) is 25.9 Å². The van der Waals surface area contributed by atoms with E-state index in [9.17, 15) is 8.42 Å². The summed E-state index contributed by atoms with van der Waals surface area (Å²) < 4.78 is 27.6. The first-order valence-electron chi connectivity index (χ1n) is 6.88. The minimum absolute atomic E-state index is 0.284. The topological polar surface area (TPSA) is 75.4 Å². The van der Waals surface area contributed by atoms with Crippen LogP contribution >= 0.6 is 0 Å². The lowest BCUT2D eigenvalue weighted by Crippen LogP contribution is -2.38. The highest BCUT2D eigenvalue weighted by Gasteiger charge is 2.24. The first-order chi connectivity index (χ1) is 9.31. The Morgan fingerprint density at radius 3 is 2.70 bits per heavy atom. The second-order valence-corrected chi connectivity index (χ2v) is 7.32. The molecule has 0 spiro atoms. The van der Waals surface area contributed by atoms with E-state index in [0.29, 0.717) is 12.2 Å². The predicted molar refractivity (Wildman–Crippen MR) is 81.2 cm³/mol. The summed E-state index contributed by atoms with van der Waals surface area (Å²) in [4.78, 5) is 2.48. The van der Waals surface area contributed by atoms with Crippen molar-refractivity contribution >= 4 is 15.7 Å². The molecule has 1 atom stereocenters. The molecule has 1 unspecified atom stereocenters. The third kappa shape index (κ3) is 3.13. The predicted octanol–water partition coefficient (Wildman–Crippen LogP) is 1.26. The maximum Gasteiger partial charge on any atom is 0.240 e. The zero-order valence-corrected chi connectivity index (χ0v) is 13.1. The average molecular weight is 297 g/mol. The van der Waals surface area contributed by atoms with Gasteiger partial charge in [-0.05, 0) is 63.5 Å². The smallest absolute Gasteiger partial charge is 0.240 e. The molecule has 0 aliphatic carbocycles. The molecule has 1 aromatic rings. The van der Waals surface area contributed by atoms with Crippen LogP contribution in [-0.4, -0.2) is 39.5 Å². The summed E-state index contributed by atoms with van der Waals surface area (Å²) in [5, 5.41) is 0. The molecule has 2 rings (SSSR count). The number of rotatable bonds is 4. The van der Waals surface area contributed by atoms with E-state index in [-0.39, 0.29) is 10.9 Å². The van der Waals surface area contributed by atoms with Crippen molar-refractivity contribution in [1.29, 1.82) is 0 Å². The zero-order valence-electron chi connectivity index (χ0n) is 12.3. The Hall–Kier alpha value is -1.11.